The Kier molecular flexibility index (Phi) is 9.70. The van der Waals surface area contributed by atoms with Crippen molar-refractivity contribution in [2.75, 3.05) is 43.1 Å². The summed E-state index contributed by atoms with van der Waals surface area (Å²) in [6, 6.07) is 25.4. The molecule has 3 aliphatic heterocycles. The van der Waals surface area contributed by atoms with Gasteiger partial charge in [0, 0.05) is 42.5 Å². The second-order valence-electron chi connectivity index (χ2n) is 12.2. The maximum absolute atomic E-state index is 13.2. The lowest BCUT2D eigenvalue weighted by Crippen LogP contribution is -2.57. The Morgan fingerprint density at radius 2 is 1.83 bits per heavy atom. The highest BCUT2D eigenvalue weighted by molar-refractivity contribution is 5.93. The van der Waals surface area contributed by atoms with Crippen molar-refractivity contribution in [1.29, 1.82) is 0 Å². The van der Waals surface area contributed by atoms with Crippen molar-refractivity contribution < 1.29 is 28.9 Å². The Labute approximate surface area is 269 Å². The monoisotopic (exact) mass is 626 g/mol. The fraction of sp³-hybridized carbons (Fsp3) is 0.389. The van der Waals surface area contributed by atoms with Crippen LogP contribution in [0.3, 0.4) is 0 Å². The van der Waals surface area contributed by atoms with Gasteiger partial charge < -0.3 is 34.4 Å². The number of likely N-dealkylation sites (tertiary alicyclic amines) is 1. The van der Waals surface area contributed by atoms with Gasteiger partial charge in [0.15, 0.2) is 6.29 Å². The zero-order valence-electron chi connectivity index (χ0n) is 26.1. The van der Waals surface area contributed by atoms with E-state index >= 15 is 0 Å². The third-order valence-electron chi connectivity index (χ3n) is 9.39. The van der Waals surface area contributed by atoms with E-state index in [0.29, 0.717) is 18.9 Å². The van der Waals surface area contributed by atoms with Crippen molar-refractivity contribution in [3.05, 3.63) is 108 Å². The maximum Gasteiger partial charge on any atom is 0.411 e. The second-order valence-corrected chi connectivity index (χ2v) is 12.2. The minimum atomic E-state index is -0.681. The SMILES string of the molecule is C=CCOC(=O)Nc1cccc([C@H]2O[C@@H](CN3CCC4(CC3)C(=O)NCN4c3ccccc3)[C@@H](C)[C@@H](c3ccc(CO)cc3)O2)c1. The molecule has 6 rings (SSSR count). The summed E-state index contributed by atoms with van der Waals surface area (Å²) in [5.41, 5.74) is 3.68. The number of aliphatic hydroxyl groups excluding tert-OH is 1. The van der Waals surface area contributed by atoms with Gasteiger partial charge in [-0.3, -0.25) is 10.1 Å². The Bertz CT molecular complexity index is 1510. The van der Waals surface area contributed by atoms with Gasteiger partial charge >= 0.3 is 6.09 Å². The van der Waals surface area contributed by atoms with Crippen LogP contribution in [0.1, 0.15) is 48.8 Å². The van der Waals surface area contributed by atoms with Crippen LogP contribution in [-0.4, -0.2) is 66.6 Å². The van der Waals surface area contributed by atoms with E-state index < -0.39 is 17.9 Å². The van der Waals surface area contributed by atoms with Crippen LogP contribution in [0.4, 0.5) is 16.2 Å². The zero-order chi connectivity index (χ0) is 32.1. The summed E-state index contributed by atoms with van der Waals surface area (Å²) in [4.78, 5) is 30.0. The second kappa shape index (κ2) is 14.0. The molecule has 3 saturated heterocycles. The fourth-order valence-electron chi connectivity index (χ4n) is 6.77. The molecular formula is C36H42N4O6. The maximum atomic E-state index is 13.2. The molecular weight excluding hydrogens is 584 g/mol. The van der Waals surface area contributed by atoms with Gasteiger partial charge in [0.2, 0.25) is 5.91 Å². The lowest BCUT2D eigenvalue weighted by Gasteiger charge is -2.46. The molecule has 0 saturated carbocycles. The Morgan fingerprint density at radius 1 is 1.07 bits per heavy atom. The number of carbonyl (C=O) groups excluding carboxylic acids is 2. The highest BCUT2D eigenvalue weighted by Crippen LogP contribution is 2.43. The smallest absolute Gasteiger partial charge is 0.411 e. The number of aliphatic hydroxyl groups is 1. The average molecular weight is 627 g/mol. The number of nitrogens with zero attached hydrogens (tertiary/aromatic N) is 2. The molecule has 242 valence electrons. The first-order valence-corrected chi connectivity index (χ1v) is 15.9. The fourth-order valence-corrected chi connectivity index (χ4v) is 6.77. The van der Waals surface area contributed by atoms with Gasteiger partial charge in [0.25, 0.3) is 0 Å². The van der Waals surface area contributed by atoms with Crippen LogP contribution in [0, 0.1) is 5.92 Å². The summed E-state index contributed by atoms with van der Waals surface area (Å²) in [6.07, 6.45) is 1.26. The van der Waals surface area contributed by atoms with Crippen LogP contribution < -0.4 is 15.5 Å². The lowest BCUT2D eigenvalue weighted by atomic mass is 9.84. The van der Waals surface area contributed by atoms with Crippen LogP contribution in [0.5, 0.6) is 0 Å². The average Bonchev–Trinajstić information content (AvgIpc) is 3.40. The summed E-state index contributed by atoms with van der Waals surface area (Å²) in [6.45, 7) is 8.53. The van der Waals surface area contributed by atoms with Crippen LogP contribution >= 0.6 is 0 Å². The molecule has 2 amide bonds. The number of hydrogen-bond acceptors (Lipinski definition) is 8. The van der Waals surface area contributed by atoms with Crippen LogP contribution in [0.25, 0.3) is 0 Å². The van der Waals surface area contributed by atoms with Crippen molar-refractivity contribution in [3.8, 4) is 0 Å². The number of nitrogens with one attached hydrogen (secondary N) is 2. The number of hydrogen-bond donors (Lipinski definition) is 3. The molecule has 0 aromatic heterocycles. The highest BCUT2D eigenvalue weighted by atomic mass is 16.7. The minimum absolute atomic E-state index is 0.0119. The van der Waals surface area contributed by atoms with Crippen molar-refractivity contribution in [2.45, 2.75) is 50.4 Å². The summed E-state index contributed by atoms with van der Waals surface area (Å²) >= 11 is 0. The van der Waals surface area contributed by atoms with Crippen molar-refractivity contribution in [2.24, 2.45) is 5.92 Å². The third kappa shape index (κ3) is 6.66. The highest BCUT2D eigenvalue weighted by Gasteiger charge is 2.51. The molecule has 3 aromatic carbocycles. The molecule has 10 heteroatoms. The van der Waals surface area contributed by atoms with Crippen LogP contribution in [-0.2, 0) is 25.6 Å². The number of amides is 2. The lowest BCUT2D eigenvalue weighted by molar-refractivity contribution is -0.276. The molecule has 3 heterocycles. The number of para-hydroxylation sites is 1. The molecule has 3 aliphatic rings. The number of ether oxygens (including phenoxy) is 3. The predicted octanol–water partition coefficient (Wildman–Crippen LogP) is 5.13. The summed E-state index contributed by atoms with van der Waals surface area (Å²) in [7, 11) is 0. The largest absolute Gasteiger partial charge is 0.445 e. The van der Waals surface area contributed by atoms with Crippen molar-refractivity contribution >= 4 is 23.4 Å². The first-order chi connectivity index (χ1) is 22.4. The quantitative estimate of drug-likeness (QED) is 0.280. The van der Waals surface area contributed by atoms with E-state index in [0.717, 1.165) is 48.3 Å². The molecule has 46 heavy (non-hydrogen) atoms. The van der Waals surface area contributed by atoms with Crippen molar-refractivity contribution in [3.63, 3.8) is 0 Å². The molecule has 0 radical (unpaired) electrons. The minimum Gasteiger partial charge on any atom is -0.445 e. The molecule has 1 spiro atoms. The van der Waals surface area contributed by atoms with Gasteiger partial charge in [0.1, 0.15) is 12.1 Å². The predicted molar refractivity (Wildman–Crippen MR) is 175 cm³/mol. The van der Waals surface area contributed by atoms with Gasteiger partial charge in [-0.05, 0) is 48.2 Å². The van der Waals surface area contributed by atoms with Gasteiger partial charge in [0.05, 0.1) is 25.5 Å². The van der Waals surface area contributed by atoms with E-state index in [1.165, 1.54) is 6.08 Å². The van der Waals surface area contributed by atoms with Gasteiger partial charge in [-0.25, -0.2) is 4.79 Å². The van der Waals surface area contributed by atoms with Crippen LogP contribution in [0.15, 0.2) is 91.5 Å². The van der Waals surface area contributed by atoms with Gasteiger partial charge in [-0.2, -0.15) is 0 Å². The van der Waals surface area contributed by atoms with E-state index in [1.54, 1.807) is 6.07 Å². The van der Waals surface area contributed by atoms with E-state index in [1.807, 2.05) is 60.7 Å². The number of piperidine rings is 1. The molecule has 0 bridgehead atoms. The topological polar surface area (TPSA) is 113 Å². The van der Waals surface area contributed by atoms with E-state index in [2.05, 4.69) is 46.1 Å². The molecule has 0 aliphatic carbocycles. The van der Waals surface area contributed by atoms with Crippen molar-refractivity contribution in [1.82, 2.24) is 10.2 Å². The molecule has 4 atom stereocenters. The van der Waals surface area contributed by atoms with Gasteiger partial charge in [-0.15, -0.1) is 0 Å². The summed E-state index contributed by atoms with van der Waals surface area (Å²) in [5, 5.41) is 15.4. The van der Waals surface area contributed by atoms with E-state index in [-0.39, 0.29) is 37.2 Å². The molecule has 3 aromatic rings. The molecule has 10 nitrogen and oxygen atoms in total. The van der Waals surface area contributed by atoms with Crippen LogP contribution in [0.2, 0.25) is 0 Å². The molecule has 0 unspecified atom stereocenters. The summed E-state index contributed by atoms with van der Waals surface area (Å²) in [5.74, 6) is 0.109. The molecule has 3 N–H and O–H groups in total. The standard InChI is InChI=1S/C36H42N4O6/c1-3-20-44-35(43)38-29-9-7-8-28(21-29)33-45-31(25(2)32(46-33)27-14-12-26(23-41)13-15-27)22-39-18-16-36(17-19-39)34(42)37-24-40(36)30-10-5-4-6-11-30/h3-15,21,25,31-33,41H,1,16-20,22-24H2,2H3,(H,37,42)(H,38,43)/t25-,31+,32+,33+/m1/s1. The van der Waals surface area contributed by atoms with E-state index in [9.17, 15) is 14.7 Å². The normalized spacial score (nSPS) is 24.4. The Morgan fingerprint density at radius 3 is 2.54 bits per heavy atom. The first kappa shape index (κ1) is 31.7. The number of benzene rings is 3. The number of rotatable bonds is 9. The number of anilines is 2. The Hall–Kier alpha value is -4.22. The third-order valence-corrected chi connectivity index (χ3v) is 9.39. The first-order valence-electron chi connectivity index (χ1n) is 15.9. The van der Waals surface area contributed by atoms with E-state index in [4.69, 9.17) is 14.2 Å². The zero-order valence-corrected chi connectivity index (χ0v) is 26.1. The Balaban J connectivity index is 1.20. The summed E-state index contributed by atoms with van der Waals surface area (Å²) < 4.78 is 18.4. The number of carbonyl (C=O) groups is 2. The molecule has 3 fully saturated rings. The van der Waals surface area contributed by atoms with Gasteiger partial charge in [-0.1, -0.05) is 74.2 Å².